The lowest BCUT2D eigenvalue weighted by molar-refractivity contribution is -0.151. The number of hydrogen-bond donors (Lipinski definition) is 1. The average molecular weight is 394 g/mol. The Morgan fingerprint density at radius 1 is 1.33 bits per heavy atom. The van der Waals surface area contributed by atoms with Gasteiger partial charge in [-0.1, -0.05) is 28.9 Å². The molecule has 8 heteroatoms. The van der Waals surface area contributed by atoms with E-state index in [9.17, 15) is 9.90 Å². The van der Waals surface area contributed by atoms with Crippen LogP contribution in [0, 0.1) is 5.92 Å². The van der Waals surface area contributed by atoms with E-state index in [1.165, 1.54) is 7.11 Å². The van der Waals surface area contributed by atoms with Crippen LogP contribution in [-0.2, 0) is 9.53 Å². The number of halogens is 1. The molecule has 2 heterocycles. The number of methoxy groups -OCH3 is 1. The van der Waals surface area contributed by atoms with E-state index in [1.807, 2.05) is 12.1 Å². The highest BCUT2D eigenvalue weighted by Gasteiger charge is 2.34. The van der Waals surface area contributed by atoms with Gasteiger partial charge in [-0.3, -0.25) is 9.69 Å². The topological polar surface area (TPSA) is 79.0 Å². The number of nitrogens with zero attached hydrogens (tertiary/aromatic N) is 3. The largest absolute Gasteiger partial charge is 0.469 e. The number of likely N-dealkylation sites (N-methyl/N-ethyl adjacent to an activating group) is 1. The second-order valence-electron chi connectivity index (χ2n) is 6.77. The first-order chi connectivity index (χ1) is 13.0. The van der Waals surface area contributed by atoms with Crippen LogP contribution in [0.15, 0.2) is 34.9 Å². The van der Waals surface area contributed by atoms with E-state index >= 15 is 0 Å². The van der Waals surface area contributed by atoms with Crippen molar-refractivity contribution in [2.24, 2.45) is 5.92 Å². The van der Waals surface area contributed by atoms with Crippen LogP contribution in [0.5, 0.6) is 0 Å². The molecule has 1 aliphatic rings. The Bertz CT molecular complexity index is 774. The van der Waals surface area contributed by atoms with E-state index in [0.717, 1.165) is 26.2 Å². The molecule has 1 aromatic heterocycles. The van der Waals surface area contributed by atoms with Crippen molar-refractivity contribution in [3.05, 3.63) is 41.0 Å². The molecule has 1 aliphatic heterocycles. The first-order valence-corrected chi connectivity index (χ1v) is 9.25. The van der Waals surface area contributed by atoms with E-state index in [-0.39, 0.29) is 5.69 Å². The molecule has 1 fully saturated rings. The molecule has 1 N–H and O–H groups in total. The minimum absolute atomic E-state index is 0.287. The molecule has 27 heavy (non-hydrogen) atoms. The number of esters is 1. The summed E-state index contributed by atoms with van der Waals surface area (Å²) in [5.41, 5.74) is 0.966. The highest BCUT2D eigenvalue weighted by Crippen LogP contribution is 2.31. The second kappa shape index (κ2) is 8.84. The van der Waals surface area contributed by atoms with Gasteiger partial charge in [0.15, 0.2) is 5.76 Å². The van der Waals surface area contributed by atoms with E-state index in [4.69, 9.17) is 20.9 Å². The van der Waals surface area contributed by atoms with Crippen molar-refractivity contribution in [2.75, 3.05) is 46.9 Å². The van der Waals surface area contributed by atoms with Gasteiger partial charge in [-0.05, 0) is 19.2 Å². The Balaban J connectivity index is 1.77. The molecule has 2 unspecified atom stereocenters. The summed E-state index contributed by atoms with van der Waals surface area (Å²) >= 11 is 6.19. The summed E-state index contributed by atoms with van der Waals surface area (Å²) in [4.78, 5) is 16.7. The molecule has 7 nitrogen and oxygen atoms in total. The SMILES string of the molecule is COC(=O)C(CN1CCN(C)CC1)C(O)c1cc(-c2ccccc2Cl)on1. The highest BCUT2D eigenvalue weighted by atomic mass is 35.5. The molecule has 0 amide bonds. The van der Waals surface area contributed by atoms with Crippen LogP contribution in [-0.4, -0.2) is 72.9 Å². The lowest BCUT2D eigenvalue weighted by Crippen LogP contribution is -2.48. The number of aliphatic hydroxyl groups excluding tert-OH is 1. The molecule has 2 aromatic rings. The van der Waals surface area contributed by atoms with E-state index < -0.39 is 18.0 Å². The molecule has 0 saturated carbocycles. The summed E-state index contributed by atoms with van der Waals surface area (Å²) in [5, 5.41) is 15.3. The summed E-state index contributed by atoms with van der Waals surface area (Å²) in [6.45, 7) is 3.91. The standard InChI is InChI=1S/C19H24ClN3O4/c1-22-7-9-23(10-8-22)12-14(19(25)26-2)18(24)16-11-17(27-21-16)13-5-3-4-6-15(13)20/h3-6,11,14,18,24H,7-10,12H2,1-2H3. The van der Waals surface area contributed by atoms with Gasteiger partial charge in [0.25, 0.3) is 0 Å². The Morgan fingerprint density at radius 2 is 2.04 bits per heavy atom. The van der Waals surface area contributed by atoms with Gasteiger partial charge < -0.3 is 19.3 Å². The third kappa shape index (κ3) is 4.68. The van der Waals surface area contributed by atoms with Crippen LogP contribution < -0.4 is 0 Å². The minimum Gasteiger partial charge on any atom is -0.469 e. The van der Waals surface area contributed by atoms with Gasteiger partial charge in [0.05, 0.1) is 12.1 Å². The third-order valence-corrected chi connectivity index (χ3v) is 5.24. The zero-order valence-corrected chi connectivity index (χ0v) is 16.2. The molecule has 146 valence electrons. The predicted octanol–water partition coefficient (Wildman–Crippen LogP) is 2.07. The first kappa shape index (κ1) is 19.8. The number of benzene rings is 1. The summed E-state index contributed by atoms with van der Waals surface area (Å²) in [6, 6.07) is 8.83. The fourth-order valence-electron chi connectivity index (χ4n) is 3.19. The molecule has 0 aliphatic carbocycles. The molecule has 3 rings (SSSR count). The monoisotopic (exact) mass is 393 g/mol. The third-order valence-electron chi connectivity index (χ3n) is 4.91. The van der Waals surface area contributed by atoms with Crippen LogP contribution in [0.2, 0.25) is 5.02 Å². The van der Waals surface area contributed by atoms with Crippen LogP contribution in [0.3, 0.4) is 0 Å². The quantitative estimate of drug-likeness (QED) is 0.752. The average Bonchev–Trinajstić information content (AvgIpc) is 3.16. The van der Waals surface area contributed by atoms with Crippen LogP contribution in [0.4, 0.5) is 0 Å². The normalized spacial score (nSPS) is 18.2. The predicted molar refractivity (Wildman–Crippen MR) is 101 cm³/mol. The Labute approximate surface area is 163 Å². The lowest BCUT2D eigenvalue weighted by atomic mass is 9.98. The van der Waals surface area contributed by atoms with Gasteiger partial charge in [-0.2, -0.15) is 0 Å². The van der Waals surface area contributed by atoms with Crippen molar-refractivity contribution >= 4 is 17.6 Å². The van der Waals surface area contributed by atoms with Crippen molar-refractivity contribution < 1.29 is 19.2 Å². The first-order valence-electron chi connectivity index (χ1n) is 8.88. The van der Waals surface area contributed by atoms with Crippen molar-refractivity contribution in [3.63, 3.8) is 0 Å². The van der Waals surface area contributed by atoms with E-state index in [1.54, 1.807) is 18.2 Å². The van der Waals surface area contributed by atoms with Gasteiger partial charge >= 0.3 is 5.97 Å². The molecular weight excluding hydrogens is 370 g/mol. The molecule has 2 atom stereocenters. The maximum absolute atomic E-state index is 12.3. The number of aliphatic hydroxyl groups is 1. The maximum Gasteiger partial charge on any atom is 0.313 e. The number of aromatic nitrogens is 1. The van der Waals surface area contributed by atoms with Gasteiger partial charge in [-0.15, -0.1) is 0 Å². The maximum atomic E-state index is 12.3. The lowest BCUT2D eigenvalue weighted by Gasteiger charge is -2.34. The zero-order valence-electron chi connectivity index (χ0n) is 15.5. The van der Waals surface area contributed by atoms with Crippen molar-refractivity contribution in [1.82, 2.24) is 15.0 Å². The van der Waals surface area contributed by atoms with Crippen molar-refractivity contribution in [1.29, 1.82) is 0 Å². The number of carbonyl (C=O) groups is 1. The van der Waals surface area contributed by atoms with Crippen LogP contribution >= 0.6 is 11.6 Å². The molecule has 0 spiro atoms. The number of hydrogen-bond acceptors (Lipinski definition) is 7. The van der Waals surface area contributed by atoms with E-state index in [2.05, 4.69) is 22.0 Å². The Hall–Kier alpha value is -1.93. The molecule has 0 bridgehead atoms. The number of rotatable bonds is 6. The number of piperazine rings is 1. The molecule has 1 saturated heterocycles. The van der Waals surface area contributed by atoms with Gasteiger partial charge in [0, 0.05) is 44.4 Å². The zero-order chi connectivity index (χ0) is 19.4. The smallest absolute Gasteiger partial charge is 0.313 e. The second-order valence-corrected chi connectivity index (χ2v) is 7.18. The number of carbonyl (C=O) groups excluding carboxylic acids is 1. The van der Waals surface area contributed by atoms with Crippen molar-refractivity contribution in [3.8, 4) is 11.3 Å². The van der Waals surface area contributed by atoms with Crippen LogP contribution in [0.1, 0.15) is 11.8 Å². The highest BCUT2D eigenvalue weighted by molar-refractivity contribution is 6.33. The fraction of sp³-hybridized carbons (Fsp3) is 0.474. The van der Waals surface area contributed by atoms with Gasteiger partial charge in [0.1, 0.15) is 17.7 Å². The summed E-state index contributed by atoms with van der Waals surface area (Å²) < 4.78 is 10.3. The Morgan fingerprint density at radius 3 is 2.70 bits per heavy atom. The Kier molecular flexibility index (Phi) is 6.49. The molecular formula is C19H24ClN3O4. The van der Waals surface area contributed by atoms with E-state index in [0.29, 0.717) is 22.9 Å². The molecule has 1 aromatic carbocycles. The fourth-order valence-corrected chi connectivity index (χ4v) is 3.41. The summed E-state index contributed by atoms with van der Waals surface area (Å²) in [6.07, 6.45) is -1.13. The van der Waals surface area contributed by atoms with Crippen molar-refractivity contribution in [2.45, 2.75) is 6.10 Å². The van der Waals surface area contributed by atoms with Crippen LogP contribution in [0.25, 0.3) is 11.3 Å². The molecule has 0 radical (unpaired) electrons. The summed E-state index contributed by atoms with van der Waals surface area (Å²) in [5.74, 6) is -0.774. The summed E-state index contributed by atoms with van der Waals surface area (Å²) in [7, 11) is 3.39. The van der Waals surface area contributed by atoms with Gasteiger partial charge in [-0.25, -0.2) is 0 Å². The number of ether oxygens (including phenoxy) is 1. The minimum atomic E-state index is -1.13. The van der Waals surface area contributed by atoms with Gasteiger partial charge in [0.2, 0.25) is 0 Å².